The lowest BCUT2D eigenvalue weighted by Gasteiger charge is -2.13. The van der Waals surface area contributed by atoms with Gasteiger partial charge in [-0.15, -0.1) is 0 Å². The van der Waals surface area contributed by atoms with E-state index in [1.54, 1.807) is 48.8 Å². The Hall–Kier alpha value is -1.40. The molecule has 110 valence electrons. The summed E-state index contributed by atoms with van der Waals surface area (Å²) in [5, 5.41) is 1.03. The van der Waals surface area contributed by atoms with E-state index in [9.17, 15) is 4.79 Å². The molecular formula is C15H8Cl2N2OS2. The lowest BCUT2D eigenvalue weighted by Crippen LogP contribution is -2.27. The molecule has 1 aromatic heterocycles. The van der Waals surface area contributed by atoms with Gasteiger partial charge < -0.3 is 0 Å². The summed E-state index contributed by atoms with van der Waals surface area (Å²) in [6.07, 6.45) is 4.96. The number of aromatic nitrogens is 1. The molecule has 1 fully saturated rings. The molecule has 2 aromatic rings. The molecule has 3 rings (SSSR count). The normalized spacial score (nSPS) is 16.6. The Morgan fingerprint density at radius 3 is 2.77 bits per heavy atom. The SMILES string of the molecule is O=C1/C(=C/c2ccc(Cl)cc2Cl)SC(=S)N1c1cccnc1. The van der Waals surface area contributed by atoms with Crippen LogP contribution in [0.5, 0.6) is 0 Å². The van der Waals surface area contributed by atoms with Gasteiger partial charge in [0, 0.05) is 16.2 Å². The molecule has 0 saturated carbocycles. The van der Waals surface area contributed by atoms with Crippen molar-refractivity contribution in [3.8, 4) is 0 Å². The number of amides is 1. The maximum atomic E-state index is 12.6. The van der Waals surface area contributed by atoms with Gasteiger partial charge in [0.1, 0.15) is 0 Å². The molecule has 1 amide bonds. The molecule has 2 heterocycles. The summed E-state index contributed by atoms with van der Waals surface area (Å²) in [4.78, 5) is 18.5. The number of benzene rings is 1. The number of thioether (sulfide) groups is 1. The molecule has 0 N–H and O–H groups in total. The number of nitrogens with zero attached hydrogens (tertiary/aromatic N) is 2. The van der Waals surface area contributed by atoms with Crippen molar-refractivity contribution in [3.63, 3.8) is 0 Å². The van der Waals surface area contributed by atoms with Gasteiger partial charge in [0.05, 0.1) is 16.8 Å². The Bertz CT molecular complexity index is 793. The van der Waals surface area contributed by atoms with E-state index < -0.39 is 0 Å². The lowest BCUT2D eigenvalue weighted by atomic mass is 10.2. The summed E-state index contributed by atoms with van der Waals surface area (Å²) in [7, 11) is 0. The third-order valence-corrected chi connectivity index (χ3v) is 4.81. The van der Waals surface area contributed by atoms with E-state index in [0.717, 1.165) is 5.56 Å². The highest BCUT2D eigenvalue weighted by Crippen LogP contribution is 2.36. The second-order valence-corrected chi connectivity index (χ2v) is 6.91. The summed E-state index contributed by atoms with van der Waals surface area (Å²) in [5.74, 6) is -0.186. The minimum atomic E-state index is -0.186. The molecule has 0 radical (unpaired) electrons. The Morgan fingerprint density at radius 1 is 1.27 bits per heavy atom. The molecule has 0 aliphatic carbocycles. The van der Waals surface area contributed by atoms with Crippen molar-refractivity contribution < 1.29 is 4.79 Å². The van der Waals surface area contributed by atoms with Gasteiger partial charge in [-0.1, -0.05) is 53.2 Å². The number of hydrogen-bond acceptors (Lipinski definition) is 4. The highest BCUT2D eigenvalue weighted by atomic mass is 35.5. The molecule has 0 bridgehead atoms. The second-order valence-electron chi connectivity index (χ2n) is 4.39. The van der Waals surface area contributed by atoms with Gasteiger partial charge in [0.2, 0.25) is 0 Å². The van der Waals surface area contributed by atoms with Gasteiger partial charge in [-0.05, 0) is 35.9 Å². The second kappa shape index (κ2) is 6.38. The number of thiocarbonyl (C=S) groups is 1. The number of carbonyl (C=O) groups excluding carboxylic acids is 1. The first-order valence-electron chi connectivity index (χ1n) is 6.19. The van der Waals surface area contributed by atoms with Crippen molar-refractivity contribution in [2.24, 2.45) is 0 Å². The average Bonchev–Trinajstić information content (AvgIpc) is 2.77. The number of hydrogen-bond donors (Lipinski definition) is 0. The van der Waals surface area contributed by atoms with Crippen LogP contribution >= 0.6 is 47.2 Å². The molecule has 1 saturated heterocycles. The van der Waals surface area contributed by atoms with Crippen LogP contribution in [-0.4, -0.2) is 15.2 Å². The van der Waals surface area contributed by atoms with E-state index in [1.807, 2.05) is 0 Å². The zero-order valence-corrected chi connectivity index (χ0v) is 14.1. The van der Waals surface area contributed by atoms with Gasteiger partial charge in [-0.3, -0.25) is 14.7 Å². The van der Waals surface area contributed by atoms with Crippen LogP contribution in [0.3, 0.4) is 0 Å². The smallest absolute Gasteiger partial charge is 0.268 e. The molecule has 1 aliphatic heterocycles. The maximum Gasteiger partial charge on any atom is 0.270 e. The molecule has 7 heteroatoms. The van der Waals surface area contributed by atoms with E-state index in [-0.39, 0.29) is 5.91 Å². The molecule has 3 nitrogen and oxygen atoms in total. The fourth-order valence-corrected chi connectivity index (χ4v) is 3.69. The fourth-order valence-electron chi connectivity index (χ4n) is 1.94. The van der Waals surface area contributed by atoms with Gasteiger partial charge in [0.25, 0.3) is 5.91 Å². The monoisotopic (exact) mass is 366 g/mol. The molecule has 1 aromatic carbocycles. The van der Waals surface area contributed by atoms with E-state index in [2.05, 4.69) is 4.98 Å². The number of pyridine rings is 1. The summed E-state index contributed by atoms with van der Waals surface area (Å²) in [5.41, 5.74) is 1.37. The van der Waals surface area contributed by atoms with Crippen molar-refractivity contribution in [2.45, 2.75) is 0 Å². The molecule has 22 heavy (non-hydrogen) atoms. The Kier molecular flexibility index (Phi) is 4.49. The van der Waals surface area contributed by atoms with Crippen LogP contribution in [0.1, 0.15) is 5.56 Å². The third kappa shape index (κ3) is 3.03. The van der Waals surface area contributed by atoms with Crippen LogP contribution in [0.25, 0.3) is 6.08 Å². The van der Waals surface area contributed by atoms with E-state index in [1.165, 1.54) is 16.7 Å². The number of anilines is 1. The van der Waals surface area contributed by atoms with Crippen LogP contribution in [0, 0.1) is 0 Å². The Balaban J connectivity index is 1.96. The number of halogens is 2. The third-order valence-electron chi connectivity index (χ3n) is 2.95. The van der Waals surface area contributed by atoms with E-state index >= 15 is 0 Å². The summed E-state index contributed by atoms with van der Waals surface area (Å²) in [6, 6.07) is 8.67. The zero-order chi connectivity index (χ0) is 15.7. The minimum Gasteiger partial charge on any atom is -0.268 e. The first-order valence-corrected chi connectivity index (χ1v) is 8.17. The molecular weight excluding hydrogens is 359 g/mol. The van der Waals surface area contributed by atoms with Crippen molar-refractivity contribution in [3.05, 3.63) is 63.2 Å². The Morgan fingerprint density at radius 2 is 2.09 bits per heavy atom. The summed E-state index contributed by atoms with van der Waals surface area (Å²) in [6.45, 7) is 0. The van der Waals surface area contributed by atoms with Crippen LogP contribution in [0.15, 0.2) is 47.6 Å². The Labute approximate surface area is 146 Å². The van der Waals surface area contributed by atoms with Crippen molar-refractivity contribution >= 4 is 69.2 Å². The van der Waals surface area contributed by atoms with Crippen LogP contribution in [0.2, 0.25) is 10.0 Å². The van der Waals surface area contributed by atoms with Crippen molar-refractivity contribution in [1.29, 1.82) is 0 Å². The molecule has 1 aliphatic rings. The highest BCUT2D eigenvalue weighted by molar-refractivity contribution is 8.27. The number of rotatable bonds is 2. The number of carbonyl (C=O) groups is 1. The first kappa shape index (κ1) is 15.5. The van der Waals surface area contributed by atoms with Crippen LogP contribution in [-0.2, 0) is 4.79 Å². The topological polar surface area (TPSA) is 33.2 Å². The minimum absolute atomic E-state index is 0.186. The van der Waals surface area contributed by atoms with E-state index in [4.69, 9.17) is 35.4 Å². The molecule has 0 atom stereocenters. The predicted molar refractivity (Wildman–Crippen MR) is 96.4 cm³/mol. The van der Waals surface area contributed by atoms with Crippen molar-refractivity contribution in [2.75, 3.05) is 4.90 Å². The van der Waals surface area contributed by atoms with Gasteiger partial charge in [-0.25, -0.2) is 0 Å². The standard InChI is InChI=1S/C15H8Cl2N2OS2/c16-10-4-3-9(12(17)7-10)6-13-14(20)19(15(21)22-13)11-2-1-5-18-8-11/h1-8H/b13-6-. The molecule has 0 unspecified atom stereocenters. The predicted octanol–water partition coefficient (Wildman–Crippen LogP) is 4.79. The van der Waals surface area contributed by atoms with Crippen LogP contribution in [0.4, 0.5) is 5.69 Å². The molecule has 0 spiro atoms. The quantitative estimate of drug-likeness (QED) is 0.564. The van der Waals surface area contributed by atoms with Crippen LogP contribution < -0.4 is 4.90 Å². The first-order chi connectivity index (χ1) is 10.6. The lowest BCUT2D eigenvalue weighted by molar-refractivity contribution is -0.113. The maximum absolute atomic E-state index is 12.6. The van der Waals surface area contributed by atoms with Gasteiger partial charge in [-0.2, -0.15) is 0 Å². The zero-order valence-electron chi connectivity index (χ0n) is 11.0. The van der Waals surface area contributed by atoms with Gasteiger partial charge in [0.15, 0.2) is 4.32 Å². The highest BCUT2D eigenvalue weighted by Gasteiger charge is 2.33. The van der Waals surface area contributed by atoms with Crippen molar-refractivity contribution in [1.82, 2.24) is 4.98 Å². The van der Waals surface area contributed by atoms with E-state index in [0.29, 0.717) is 25.0 Å². The summed E-state index contributed by atoms with van der Waals surface area (Å²) < 4.78 is 0.467. The summed E-state index contributed by atoms with van der Waals surface area (Å²) >= 11 is 18.5. The van der Waals surface area contributed by atoms with Gasteiger partial charge >= 0.3 is 0 Å². The fraction of sp³-hybridized carbons (Fsp3) is 0. The average molecular weight is 367 g/mol. The largest absolute Gasteiger partial charge is 0.270 e.